The van der Waals surface area contributed by atoms with Crippen LogP contribution in [0.3, 0.4) is 0 Å². The highest BCUT2D eigenvalue weighted by Gasteiger charge is 2.18. The summed E-state index contributed by atoms with van der Waals surface area (Å²) in [6.07, 6.45) is 0. The SMILES string of the molecule is CN(C)[C@H](CNC(=O)c1ccc(-c2ccc(F)cc2)o1)c1ccsc1. The Morgan fingerprint density at radius 1 is 1.20 bits per heavy atom. The number of halogens is 1. The van der Waals surface area contributed by atoms with Crippen LogP contribution in [0.25, 0.3) is 11.3 Å². The van der Waals surface area contributed by atoms with Crippen molar-refractivity contribution < 1.29 is 13.6 Å². The maximum atomic E-state index is 13.0. The number of thiophene rings is 1. The Morgan fingerprint density at radius 3 is 2.60 bits per heavy atom. The van der Waals surface area contributed by atoms with Crippen LogP contribution in [-0.2, 0) is 0 Å². The molecule has 2 heterocycles. The molecule has 0 aliphatic heterocycles. The fourth-order valence-electron chi connectivity index (χ4n) is 2.57. The lowest BCUT2D eigenvalue weighted by Gasteiger charge is -2.23. The highest BCUT2D eigenvalue weighted by atomic mass is 32.1. The van der Waals surface area contributed by atoms with E-state index in [1.807, 2.05) is 19.5 Å². The molecular formula is C19H19FN2O2S. The van der Waals surface area contributed by atoms with E-state index in [1.165, 1.54) is 17.7 Å². The Balaban J connectivity index is 1.66. The van der Waals surface area contributed by atoms with Crippen LogP contribution >= 0.6 is 11.3 Å². The maximum absolute atomic E-state index is 13.0. The van der Waals surface area contributed by atoms with Crippen molar-refractivity contribution >= 4 is 17.2 Å². The molecule has 4 nitrogen and oxygen atoms in total. The van der Waals surface area contributed by atoms with E-state index in [1.54, 1.807) is 35.6 Å². The molecule has 1 N–H and O–H groups in total. The molecule has 0 aliphatic rings. The van der Waals surface area contributed by atoms with Gasteiger partial charge in [0, 0.05) is 12.1 Å². The zero-order chi connectivity index (χ0) is 17.8. The third-order valence-electron chi connectivity index (χ3n) is 3.97. The maximum Gasteiger partial charge on any atom is 0.287 e. The second kappa shape index (κ2) is 7.63. The topological polar surface area (TPSA) is 45.5 Å². The summed E-state index contributed by atoms with van der Waals surface area (Å²) in [5.74, 6) is 0.196. The molecule has 1 amide bonds. The summed E-state index contributed by atoms with van der Waals surface area (Å²) in [5, 5.41) is 7.02. The van der Waals surface area contributed by atoms with Gasteiger partial charge in [-0.25, -0.2) is 4.39 Å². The van der Waals surface area contributed by atoms with Crippen LogP contribution in [0, 0.1) is 5.82 Å². The summed E-state index contributed by atoms with van der Waals surface area (Å²) in [7, 11) is 3.96. The lowest BCUT2D eigenvalue weighted by Crippen LogP contribution is -2.34. The van der Waals surface area contributed by atoms with E-state index in [0.717, 1.165) is 5.56 Å². The molecule has 1 aromatic carbocycles. The molecule has 0 spiro atoms. The van der Waals surface area contributed by atoms with Crippen molar-refractivity contribution in [2.45, 2.75) is 6.04 Å². The lowest BCUT2D eigenvalue weighted by atomic mass is 10.1. The van der Waals surface area contributed by atoms with Gasteiger partial charge in [-0.1, -0.05) is 0 Å². The summed E-state index contributed by atoms with van der Waals surface area (Å²) in [6.45, 7) is 0.481. The second-order valence-corrected chi connectivity index (χ2v) is 6.70. The summed E-state index contributed by atoms with van der Waals surface area (Å²) < 4.78 is 18.6. The molecule has 3 aromatic rings. The normalized spacial score (nSPS) is 12.3. The van der Waals surface area contributed by atoms with Crippen molar-refractivity contribution in [1.29, 1.82) is 0 Å². The summed E-state index contributed by atoms with van der Waals surface area (Å²) in [4.78, 5) is 14.4. The number of likely N-dealkylation sites (N-methyl/N-ethyl adjacent to an activating group) is 1. The highest BCUT2D eigenvalue weighted by Crippen LogP contribution is 2.23. The van der Waals surface area contributed by atoms with Gasteiger partial charge in [0.1, 0.15) is 11.6 Å². The molecule has 0 radical (unpaired) electrons. The first kappa shape index (κ1) is 17.4. The minimum absolute atomic E-state index is 0.0988. The largest absolute Gasteiger partial charge is 0.451 e. The van der Waals surface area contributed by atoms with Gasteiger partial charge in [0.05, 0.1) is 6.04 Å². The van der Waals surface area contributed by atoms with Crippen LogP contribution in [0.4, 0.5) is 4.39 Å². The predicted molar refractivity (Wildman–Crippen MR) is 97.2 cm³/mol. The molecule has 6 heteroatoms. The van der Waals surface area contributed by atoms with Gasteiger partial charge in [0.25, 0.3) is 5.91 Å². The van der Waals surface area contributed by atoms with Crippen LogP contribution in [-0.4, -0.2) is 31.4 Å². The Labute approximate surface area is 149 Å². The molecule has 0 saturated carbocycles. The number of nitrogens with one attached hydrogen (secondary N) is 1. The van der Waals surface area contributed by atoms with Crippen molar-refractivity contribution in [3.05, 3.63) is 70.4 Å². The average Bonchev–Trinajstić information content (AvgIpc) is 3.27. The first-order valence-corrected chi connectivity index (χ1v) is 8.81. The monoisotopic (exact) mass is 358 g/mol. The van der Waals surface area contributed by atoms with Gasteiger partial charge >= 0.3 is 0 Å². The number of hydrogen-bond acceptors (Lipinski definition) is 4. The van der Waals surface area contributed by atoms with Gasteiger partial charge in [-0.2, -0.15) is 11.3 Å². The number of benzene rings is 1. The van der Waals surface area contributed by atoms with Gasteiger partial charge in [-0.05, 0) is 72.9 Å². The fourth-order valence-corrected chi connectivity index (χ4v) is 3.28. The predicted octanol–water partition coefficient (Wildman–Crippen LogP) is 4.18. The third-order valence-corrected chi connectivity index (χ3v) is 4.67. The van der Waals surface area contributed by atoms with E-state index in [9.17, 15) is 9.18 Å². The lowest BCUT2D eigenvalue weighted by molar-refractivity contribution is 0.0915. The Bertz CT molecular complexity index is 825. The van der Waals surface area contributed by atoms with E-state index in [-0.39, 0.29) is 23.5 Å². The second-order valence-electron chi connectivity index (χ2n) is 5.92. The van der Waals surface area contributed by atoms with Crippen molar-refractivity contribution in [2.24, 2.45) is 0 Å². The highest BCUT2D eigenvalue weighted by molar-refractivity contribution is 7.07. The van der Waals surface area contributed by atoms with Crippen molar-refractivity contribution in [3.8, 4) is 11.3 Å². The standard InChI is InChI=1S/C19H19FN2O2S/c1-22(2)16(14-9-10-25-12-14)11-21-19(23)18-8-7-17(24-18)13-3-5-15(20)6-4-13/h3-10,12,16H,11H2,1-2H3,(H,21,23)/t16-/m1/s1. The van der Waals surface area contributed by atoms with Crippen LogP contribution < -0.4 is 5.32 Å². The molecular weight excluding hydrogens is 339 g/mol. The van der Waals surface area contributed by atoms with Crippen LogP contribution in [0.2, 0.25) is 0 Å². The number of rotatable bonds is 6. The number of nitrogens with zero attached hydrogens (tertiary/aromatic N) is 1. The van der Waals surface area contributed by atoms with Gasteiger partial charge < -0.3 is 14.6 Å². The zero-order valence-electron chi connectivity index (χ0n) is 14.0. The number of carbonyl (C=O) groups is 1. The first-order chi connectivity index (χ1) is 12.0. The molecule has 130 valence electrons. The van der Waals surface area contributed by atoms with E-state index < -0.39 is 0 Å². The van der Waals surface area contributed by atoms with E-state index in [0.29, 0.717) is 12.3 Å². The average molecular weight is 358 g/mol. The Kier molecular flexibility index (Phi) is 5.31. The van der Waals surface area contributed by atoms with E-state index >= 15 is 0 Å². The molecule has 0 unspecified atom stereocenters. The molecule has 3 rings (SSSR count). The molecule has 0 saturated heterocycles. The first-order valence-electron chi connectivity index (χ1n) is 7.87. The molecule has 0 fully saturated rings. The van der Waals surface area contributed by atoms with Crippen LogP contribution in [0.1, 0.15) is 22.2 Å². The Hall–Kier alpha value is -2.44. The smallest absolute Gasteiger partial charge is 0.287 e. The van der Waals surface area contributed by atoms with Crippen LogP contribution in [0.15, 0.2) is 57.6 Å². The number of amides is 1. The number of carbonyl (C=O) groups excluding carboxylic acids is 1. The van der Waals surface area contributed by atoms with Gasteiger partial charge in [-0.15, -0.1) is 0 Å². The van der Waals surface area contributed by atoms with Gasteiger partial charge in [0.2, 0.25) is 0 Å². The van der Waals surface area contributed by atoms with Crippen LogP contribution in [0.5, 0.6) is 0 Å². The summed E-state index contributed by atoms with van der Waals surface area (Å²) >= 11 is 1.63. The van der Waals surface area contributed by atoms with Gasteiger partial charge in [-0.3, -0.25) is 4.79 Å². The zero-order valence-corrected chi connectivity index (χ0v) is 14.8. The number of furan rings is 1. The third kappa shape index (κ3) is 4.15. The molecule has 2 aromatic heterocycles. The molecule has 1 atom stereocenters. The van der Waals surface area contributed by atoms with Crippen molar-refractivity contribution in [1.82, 2.24) is 10.2 Å². The summed E-state index contributed by atoms with van der Waals surface area (Å²) in [6, 6.07) is 11.5. The molecule has 0 bridgehead atoms. The van der Waals surface area contributed by atoms with E-state index in [2.05, 4.69) is 21.7 Å². The minimum atomic E-state index is -0.309. The quantitative estimate of drug-likeness (QED) is 0.719. The molecule has 25 heavy (non-hydrogen) atoms. The summed E-state index contributed by atoms with van der Waals surface area (Å²) in [5.41, 5.74) is 1.90. The molecule has 0 aliphatic carbocycles. The van der Waals surface area contributed by atoms with Crippen molar-refractivity contribution in [2.75, 3.05) is 20.6 Å². The fraction of sp³-hybridized carbons (Fsp3) is 0.211. The van der Waals surface area contributed by atoms with E-state index in [4.69, 9.17) is 4.42 Å². The number of hydrogen-bond donors (Lipinski definition) is 1. The Morgan fingerprint density at radius 2 is 1.96 bits per heavy atom. The van der Waals surface area contributed by atoms with Crippen molar-refractivity contribution in [3.63, 3.8) is 0 Å². The van der Waals surface area contributed by atoms with Gasteiger partial charge in [0.15, 0.2) is 5.76 Å². The minimum Gasteiger partial charge on any atom is -0.451 e.